The standard InChI is InChI=1S/C12H18N4O2/c1-9-6-10(15-16(9)2)12-11(14-8-18-12)7-13-4-5-17-3/h6,8,13H,4-5,7H2,1-3H3. The predicted octanol–water partition coefficient (Wildman–Crippen LogP) is 1.12. The van der Waals surface area contributed by atoms with Gasteiger partial charge in [-0.15, -0.1) is 0 Å². The molecule has 0 aliphatic heterocycles. The summed E-state index contributed by atoms with van der Waals surface area (Å²) >= 11 is 0. The van der Waals surface area contributed by atoms with E-state index in [1.807, 2.05) is 24.7 Å². The largest absolute Gasteiger partial charge is 0.441 e. The van der Waals surface area contributed by atoms with Gasteiger partial charge in [-0.25, -0.2) is 4.98 Å². The lowest BCUT2D eigenvalue weighted by Crippen LogP contribution is -2.19. The maximum atomic E-state index is 5.42. The number of aromatic nitrogens is 3. The molecule has 0 fully saturated rings. The van der Waals surface area contributed by atoms with Crippen molar-refractivity contribution >= 4 is 0 Å². The minimum Gasteiger partial charge on any atom is -0.441 e. The first kappa shape index (κ1) is 12.8. The summed E-state index contributed by atoms with van der Waals surface area (Å²) in [6.07, 6.45) is 1.45. The molecule has 0 amide bonds. The molecule has 1 N–H and O–H groups in total. The second-order valence-electron chi connectivity index (χ2n) is 4.09. The minimum absolute atomic E-state index is 0.644. The fourth-order valence-electron chi connectivity index (χ4n) is 1.66. The highest BCUT2D eigenvalue weighted by molar-refractivity contribution is 5.55. The average Bonchev–Trinajstić information content (AvgIpc) is 2.93. The zero-order chi connectivity index (χ0) is 13.0. The van der Waals surface area contributed by atoms with Crippen LogP contribution >= 0.6 is 0 Å². The summed E-state index contributed by atoms with van der Waals surface area (Å²) in [6.45, 7) is 4.11. The molecule has 0 bridgehead atoms. The Hall–Kier alpha value is -1.66. The highest BCUT2D eigenvalue weighted by Crippen LogP contribution is 2.22. The van der Waals surface area contributed by atoms with E-state index in [1.165, 1.54) is 6.39 Å². The molecule has 18 heavy (non-hydrogen) atoms. The van der Waals surface area contributed by atoms with Gasteiger partial charge in [0.05, 0.1) is 6.61 Å². The fourth-order valence-corrected chi connectivity index (χ4v) is 1.66. The molecule has 6 heteroatoms. The van der Waals surface area contributed by atoms with E-state index < -0.39 is 0 Å². The molecule has 2 aromatic rings. The maximum Gasteiger partial charge on any atom is 0.181 e. The summed E-state index contributed by atoms with van der Waals surface area (Å²) < 4.78 is 12.2. The van der Waals surface area contributed by atoms with Crippen LogP contribution in [0.15, 0.2) is 16.9 Å². The van der Waals surface area contributed by atoms with Gasteiger partial charge in [-0.1, -0.05) is 0 Å². The van der Waals surface area contributed by atoms with Gasteiger partial charge >= 0.3 is 0 Å². The van der Waals surface area contributed by atoms with Crippen LogP contribution in [0.2, 0.25) is 0 Å². The summed E-state index contributed by atoms with van der Waals surface area (Å²) in [7, 11) is 3.59. The first-order valence-corrected chi connectivity index (χ1v) is 5.85. The van der Waals surface area contributed by atoms with E-state index >= 15 is 0 Å². The maximum absolute atomic E-state index is 5.42. The lowest BCUT2D eigenvalue weighted by Gasteiger charge is -2.02. The van der Waals surface area contributed by atoms with Crippen molar-refractivity contribution in [3.63, 3.8) is 0 Å². The lowest BCUT2D eigenvalue weighted by molar-refractivity contribution is 0.199. The number of oxazole rings is 1. The quantitative estimate of drug-likeness (QED) is 0.778. The van der Waals surface area contributed by atoms with E-state index in [4.69, 9.17) is 9.15 Å². The van der Waals surface area contributed by atoms with Crippen LogP contribution in [-0.4, -0.2) is 35.0 Å². The number of ether oxygens (including phenoxy) is 1. The third-order valence-corrected chi connectivity index (χ3v) is 2.76. The van der Waals surface area contributed by atoms with E-state index in [2.05, 4.69) is 15.4 Å². The summed E-state index contributed by atoms with van der Waals surface area (Å²) in [4.78, 5) is 4.21. The molecule has 98 valence electrons. The topological polar surface area (TPSA) is 65.1 Å². The average molecular weight is 250 g/mol. The molecule has 0 aliphatic rings. The van der Waals surface area contributed by atoms with Crippen molar-refractivity contribution in [1.82, 2.24) is 20.1 Å². The van der Waals surface area contributed by atoms with Crippen LogP contribution in [0, 0.1) is 6.92 Å². The van der Waals surface area contributed by atoms with Crippen molar-refractivity contribution in [3.05, 3.63) is 23.8 Å². The second-order valence-corrected chi connectivity index (χ2v) is 4.09. The second kappa shape index (κ2) is 5.79. The van der Waals surface area contributed by atoms with Gasteiger partial charge < -0.3 is 14.5 Å². The smallest absolute Gasteiger partial charge is 0.181 e. The van der Waals surface area contributed by atoms with E-state index in [9.17, 15) is 0 Å². The van der Waals surface area contributed by atoms with Gasteiger partial charge in [-0.05, 0) is 13.0 Å². The molecule has 2 rings (SSSR count). The monoisotopic (exact) mass is 250 g/mol. The normalized spacial score (nSPS) is 11.1. The van der Waals surface area contributed by atoms with Crippen molar-refractivity contribution in [1.29, 1.82) is 0 Å². The van der Waals surface area contributed by atoms with Gasteiger partial charge in [0.1, 0.15) is 11.4 Å². The summed E-state index contributed by atoms with van der Waals surface area (Å²) in [5, 5.41) is 7.63. The molecule has 0 aliphatic carbocycles. The van der Waals surface area contributed by atoms with Crippen LogP contribution in [0.3, 0.4) is 0 Å². The zero-order valence-electron chi connectivity index (χ0n) is 10.9. The van der Waals surface area contributed by atoms with Crippen molar-refractivity contribution in [2.75, 3.05) is 20.3 Å². The van der Waals surface area contributed by atoms with Crippen molar-refractivity contribution < 1.29 is 9.15 Å². The Kier molecular flexibility index (Phi) is 4.11. The molecule has 0 unspecified atom stereocenters. The van der Waals surface area contributed by atoms with Gasteiger partial charge in [-0.3, -0.25) is 4.68 Å². The van der Waals surface area contributed by atoms with Crippen LogP contribution in [0.4, 0.5) is 0 Å². The van der Waals surface area contributed by atoms with E-state index in [0.717, 1.165) is 29.4 Å². The lowest BCUT2D eigenvalue weighted by atomic mass is 10.2. The Morgan fingerprint density at radius 3 is 3.00 bits per heavy atom. The van der Waals surface area contributed by atoms with Crippen LogP contribution in [0.1, 0.15) is 11.4 Å². The third-order valence-electron chi connectivity index (χ3n) is 2.76. The third kappa shape index (κ3) is 2.77. The zero-order valence-corrected chi connectivity index (χ0v) is 10.9. The highest BCUT2D eigenvalue weighted by atomic mass is 16.5. The molecule has 0 saturated carbocycles. The molecule has 2 heterocycles. The number of methoxy groups -OCH3 is 1. The first-order chi connectivity index (χ1) is 8.72. The van der Waals surface area contributed by atoms with Crippen LogP contribution < -0.4 is 5.32 Å². The molecular weight excluding hydrogens is 232 g/mol. The van der Waals surface area contributed by atoms with Crippen LogP contribution in [0.25, 0.3) is 11.5 Å². The number of nitrogens with zero attached hydrogens (tertiary/aromatic N) is 3. The molecule has 0 spiro atoms. The van der Waals surface area contributed by atoms with Crippen molar-refractivity contribution in [2.45, 2.75) is 13.5 Å². The van der Waals surface area contributed by atoms with Gasteiger partial charge in [0.25, 0.3) is 0 Å². The van der Waals surface area contributed by atoms with Crippen molar-refractivity contribution in [2.24, 2.45) is 7.05 Å². The van der Waals surface area contributed by atoms with Gasteiger partial charge in [0.2, 0.25) is 0 Å². The number of hydrogen-bond donors (Lipinski definition) is 1. The molecule has 0 saturated heterocycles. The van der Waals surface area contributed by atoms with Gasteiger partial charge in [0.15, 0.2) is 12.2 Å². The number of aryl methyl sites for hydroxylation is 2. The minimum atomic E-state index is 0.644. The number of hydrogen-bond acceptors (Lipinski definition) is 5. The Labute approximate surface area is 106 Å². The SMILES string of the molecule is COCCNCc1ncoc1-c1cc(C)n(C)n1. The first-order valence-electron chi connectivity index (χ1n) is 5.85. The van der Waals surface area contributed by atoms with E-state index in [0.29, 0.717) is 13.2 Å². The Morgan fingerprint density at radius 1 is 1.50 bits per heavy atom. The Bertz CT molecular complexity index is 484. The van der Waals surface area contributed by atoms with Crippen LogP contribution in [-0.2, 0) is 18.3 Å². The van der Waals surface area contributed by atoms with Crippen molar-refractivity contribution in [3.8, 4) is 11.5 Å². The molecule has 0 atom stereocenters. The predicted molar refractivity (Wildman–Crippen MR) is 67.0 cm³/mol. The van der Waals surface area contributed by atoms with Crippen LogP contribution in [0.5, 0.6) is 0 Å². The summed E-state index contributed by atoms with van der Waals surface area (Å²) in [5.74, 6) is 0.726. The van der Waals surface area contributed by atoms with E-state index in [1.54, 1.807) is 7.11 Å². The molecule has 0 radical (unpaired) electrons. The van der Waals surface area contributed by atoms with E-state index in [-0.39, 0.29) is 0 Å². The number of rotatable bonds is 6. The molecular formula is C12H18N4O2. The highest BCUT2D eigenvalue weighted by Gasteiger charge is 2.14. The fraction of sp³-hybridized carbons (Fsp3) is 0.500. The number of nitrogens with one attached hydrogen (secondary N) is 1. The Balaban J connectivity index is 2.07. The molecule has 0 aromatic carbocycles. The molecule has 6 nitrogen and oxygen atoms in total. The van der Waals surface area contributed by atoms with Gasteiger partial charge in [0, 0.05) is 32.9 Å². The summed E-state index contributed by atoms with van der Waals surface area (Å²) in [5.41, 5.74) is 2.76. The Morgan fingerprint density at radius 2 is 2.33 bits per heavy atom. The van der Waals surface area contributed by atoms with Gasteiger partial charge in [-0.2, -0.15) is 5.10 Å². The molecule has 2 aromatic heterocycles. The summed E-state index contributed by atoms with van der Waals surface area (Å²) in [6, 6.07) is 1.99.